The number of ether oxygens (including phenoxy) is 1. The highest BCUT2D eigenvalue weighted by atomic mass is 16.5. The number of carboxylic acids is 1. The third-order valence-corrected chi connectivity index (χ3v) is 7.10. The molecule has 0 saturated carbocycles. The minimum Gasteiger partial charge on any atom is -0.488 e. The molecular formula is C31H36N4O6. The number of aliphatic hydroxyl groups excluding tert-OH is 1. The summed E-state index contributed by atoms with van der Waals surface area (Å²) in [4.78, 5) is 41.1. The molecule has 1 aliphatic heterocycles. The van der Waals surface area contributed by atoms with Crippen LogP contribution in [0.15, 0.2) is 72.8 Å². The minimum atomic E-state index is -0.966. The lowest BCUT2D eigenvalue weighted by atomic mass is 9.99. The molecule has 10 heteroatoms. The standard InChI is InChI=1S/C31H36N4O6/c1-20-16-35(21(2)19-36)29(37)26-15-25(33-31(40)32-24-7-5-4-6-8-24)13-14-27(26)41-28(20)18-34(3)17-22-9-11-23(12-10-22)30(38)39/h4-15,20-21,28,36H,16-19H2,1-3H3,(H,38,39)(H2,32,33,40)/t20-,21+,28-/m0/s1. The molecule has 0 aromatic heterocycles. The van der Waals surface area contributed by atoms with Crippen LogP contribution in [0.3, 0.4) is 0 Å². The lowest BCUT2D eigenvalue weighted by molar-refractivity contribution is 0.0341. The minimum absolute atomic E-state index is 0.0626. The Labute approximate surface area is 239 Å². The number of fused-ring (bicyclic) bond motifs is 1. The number of amides is 3. The van der Waals surface area contributed by atoms with E-state index in [2.05, 4.69) is 15.5 Å². The largest absolute Gasteiger partial charge is 0.488 e. The molecule has 216 valence electrons. The molecule has 1 aliphatic rings. The van der Waals surface area contributed by atoms with E-state index < -0.39 is 18.0 Å². The molecule has 0 bridgehead atoms. The Morgan fingerprint density at radius 2 is 1.73 bits per heavy atom. The van der Waals surface area contributed by atoms with Gasteiger partial charge in [-0.25, -0.2) is 9.59 Å². The van der Waals surface area contributed by atoms with Gasteiger partial charge < -0.3 is 30.5 Å². The Morgan fingerprint density at radius 1 is 1.05 bits per heavy atom. The second kappa shape index (κ2) is 13.3. The monoisotopic (exact) mass is 560 g/mol. The first-order valence-corrected chi connectivity index (χ1v) is 13.5. The van der Waals surface area contributed by atoms with Gasteiger partial charge >= 0.3 is 12.0 Å². The van der Waals surface area contributed by atoms with E-state index in [0.717, 1.165) is 5.56 Å². The predicted octanol–water partition coefficient (Wildman–Crippen LogP) is 4.38. The van der Waals surface area contributed by atoms with Crippen molar-refractivity contribution in [1.82, 2.24) is 9.80 Å². The van der Waals surface area contributed by atoms with Crippen LogP contribution in [0.4, 0.5) is 16.2 Å². The van der Waals surface area contributed by atoms with Crippen molar-refractivity contribution in [1.29, 1.82) is 0 Å². The molecule has 0 saturated heterocycles. The first-order chi connectivity index (χ1) is 19.6. The molecule has 4 rings (SSSR count). The summed E-state index contributed by atoms with van der Waals surface area (Å²) in [5, 5.41) is 24.6. The predicted molar refractivity (Wildman–Crippen MR) is 156 cm³/mol. The van der Waals surface area contributed by atoms with E-state index in [-0.39, 0.29) is 30.1 Å². The molecular weight excluding hydrogens is 524 g/mol. The molecule has 0 fully saturated rings. The lowest BCUT2D eigenvalue weighted by Gasteiger charge is -2.38. The first kappa shape index (κ1) is 29.6. The summed E-state index contributed by atoms with van der Waals surface area (Å²) < 4.78 is 6.44. The number of nitrogens with one attached hydrogen (secondary N) is 2. The number of benzene rings is 3. The number of hydrogen-bond donors (Lipinski definition) is 4. The fourth-order valence-corrected chi connectivity index (χ4v) is 4.77. The second-order valence-corrected chi connectivity index (χ2v) is 10.5. The van der Waals surface area contributed by atoms with Crippen molar-refractivity contribution in [3.63, 3.8) is 0 Å². The van der Waals surface area contributed by atoms with Crippen LogP contribution in [-0.4, -0.2) is 76.8 Å². The fraction of sp³-hybridized carbons (Fsp3) is 0.323. The van der Waals surface area contributed by atoms with Crippen LogP contribution in [0.2, 0.25) is 0 Å². The SMILES string of the molecule is C[C@H](CO)N1C[C@H](C)[C@H](CN(C)Cc2ccc(C(=O)O)cc2)Oc2ccc(NC(=O)Nc3ccccc3)cc2C1=O. The molecule has 0 aliphatic carbocycles. The third-order valence-electron chi connectivity index (χ3n) is 7.10. The number of rotatable bonds is 9. The van der Waals surface area contributed by atoms with Crippen LogP contribution < -0.4 is 15.4 Å². The van der Waals surface area contributed by atoms with E-state index in [1.165, 1.54) is 0 Å². The van der Waals surface area contributed by atoms with Gasteiger partial charge in [0, 0.05) is 36.9 Å². The van der Waals surface area contributed by atoms with Gasteiger partial charge in [0.25, 0.3) is 5.91 Å². The van der Waals surface area contributed by atoms with Crippen molar-refractivity contribution in [2.24, 2.45) is 5.92 Å². The number of carbonyl (C=O) groups is 3. The van der Waals surface area contributed by atoms with E-state index in [1.807, 2.05) is 32.2 Å². The van der Waals surface area contributed by atoms with E-state index in [1.54, 1.807) is 66.4 Å². The van der Waals surface area contributed by atoms with E-state index in [0.29, 0.717) is 42.3 Å². The van der Waals surface area contributed by atoms with Crippen LogP contribution >= 0.6 is 0 Å². The van der Waals surface area contributed by atoms with Gasteiger partial charge in [-0.1, -0.05) is 37.3 Å². The lowest BCUT2D eigenvalue weighted by Crippen LogP contribution is -2.49. The maximum Gasteiger partial charge on any atom is 0.335 e. The summed E-state index contributed by atoms with van der Waals surface area (Å²) in [7, 11) is 1.96. The summed E-state index contributed by atoms with van der Waals surface area (Å²) >= 11 is 0. The summed E-state index contributed by atoms with van der Waals surface area (Å²) in [6, 6.07) is 19.9. The van der Waals surface area contributed by atoms with Crippen LogP contribution in [0, 0.1) is 5.92 Å². The van der Waals surface area contributed by atoms with Crippen molar-refractivity contribution in [3.8, 4) is 5.75 Å². The van der Waals surface area contributed by atoms with Crippen LogP contribution in [0.5, 0.6) is 5.75 Å². The summed E-state index contributed by atoms with van der Waals surface area (Å²) in [6.07, 6.45) is -0.293. The number of para-hydroxylation sites is 1. The number of hydrogen-bond acceptors (Lipinski definition) is 6. The highest BCUT2D eigenvalue weighted by Crippen LogP contribution is 2.31. The third kappa shape index (κ3) is 7.62. The Morgan fingerprint density at radius 3 is 2.39 bits per heavy atom. The zero-order chi connectivity index (χ0) is 29.5. The zero-order valence-corrected chi connectivity index (χ0v) is 23.4. The Kier molecular flexibility index (Phi) is 9.59. The zero-order valence-electron chi connectivity index (χ0n) is 23.4. The molecule has 3 amide bonds. The van der Waals surface area contributed by atoms with Gasteiger partial charge in [-0.05, 0) is 62.0 Å². The molecule has 0 spiro atoms. The van der Waals surface area contributed by atoms with Gasteiger partial charge in [-0.3, -0.25) is 9.69 Å². The average molecular weight is 561 g/mol. The summed E-state index contributed by atoms with van der Waals surface area (Å²) in [5.74, 6) is -0.917. The smallest absolute Gasteiger partial charge is 0.335 e. The molecule has 4 N–H and O–H groups in total. The van der Waals surface area contributed by atoms with E-state index >= 15 is 0 Å². The molecule has 1 heterocycles. The quantitative estimate of drug-likeness (QED) is 0.305. The number of aliphatic hydroxyl groups is 1. The summed E-state index contributed by atoms with van der Waals surface area (Å²) in [6.45, 7) is 5.11. The molecule has 0 radical (unpaired) electrons. The molecule has 10 nitrogen and oxygen atoms in total. The molecule has 3 aromatic carbocycles. The maximum absolute atomic E-state index is 13.7. The van der Waals surface area contributed by atoms with Crippen LogP contribution in [0.1, 0.15) is 40.1 Å². The van der Waals surface area contributed by atoms with Crippen molar-refractivity contribution in [2.75, 3.05) is 37.4 Å². The van der Waals surface area contributed by atoms with Gasteiger partial charge in [-0.2, -0.15) is 0 Å². The van der Waals surface area contributed by atoms with Crippen LogP contribution in [-0.2, 0) is 6.54 Å². The number of carbonyl (C=O) groups excluding carboxylic acids is 2. The Bertz CT molecular complexity index is 1360. The summed E-state index contributed by atoms with van der Waals surface area (Å²) in [5.41, 5.74) is 2.56. The molecule has 0 unspecified atom stereocenters. The number of aromatic carboxylic acids is 1. The first-order valence-electron chi connectivity index (χ1n) is 13.5. The normalized spacial score (nSPS) is 17.6. The highest BCUT2D eigenvalue weighted by molar-refractivity contribution is 6.02. The van der Waals surface area contributed by atoms with Gasteiger partial charge in [0.05, 0.1) is 23.8 Å². The number of urea groups is 1. The maximum atomic E-state index is 13.7. The van der Waals surface area contributed by atoms with Gasteiger partial charge in [-0.15, -0.1) is 0 Å². The Hall–Kier alpha value is -4.41. The topological polar surface area (TPSA) is 131 Å². The van der Waals surface area contributed by atoms with Gasteiger partial charge in [0.15, 0.2) is 0 Å². The molecule has 3 aromatic rings. The number of anilines is 2. The number of carboxylic acid groups (broad SMARTS) is 1. The van der Waals surface area contributed by atoms with E-state index in [4.69, 9.17) is 9.84 Å². The average Bonchev–Trinajstić information content (AvgIpc) is 2.95. The van der Waals surface area contributed by atoms with Gasteiger partial charge in [0.1, 0.15) is 11.9 Å². The van der Waals surface area contributed by atoms with E-state index in [9.17, 15) is 19.5 Å². The molecule has 3 atom stereocenters. The second-order valence-electron chi connectivity index (χ2n) is 10.5. The number of nitrogens with zero attached hydrogens (tertiary/aromatic N) is 2. The highest BCUT2D eigenvalue weighted by Gasteiger charge is 2.33. The fourth-order valence-electron chi connectivity index (χ4n) is 4.77. The van der Waals surface area contributed by atoms with Crippen molar-refractivity contribution in [2.45, 2.75) is 32.5 Å². The number of likely N-dealkylation sites (N-methyl/N-ethyl adjacent to an activating group) is 1. The van der Waals surface area contributed by atoms with Crippen LogP contribution in [0.25, 0.3) is 0 Å². The Balaban J connectivity index is 1.54. The van der Waals surface area contributed by atoms with Crippen molar-refractivity contribution >= 4 is 29.3 Å². The van der Waals surface area contributed by atoms with Crippen molar-refractivity contribution in [3.05, 3.63) is 89.5 Å². The molecule has 41 heavy (non-hydrogen) atoms. The van der Waals surface area contributed by atoms with Crippen molar-refractivity contribution < 1.29 is 29.3 Å². The van der Waals surface area contributed by atoms with Gasteiger partial charge in [0.2, 0.25) is 0 Å².